The Labute approximate surface area is 104 Å². The number of hydrogen-bond donors (Lipinski definition) is 1. The highest BCUT2D eigenvalue weighted by Crippen LogP contribution is 2.41. The second kappa shape index (κ2) is 4.50. The van der Waals surface area contributed by atoms with Crippen molar-refractivity contribution in [3.63, 3.8) is 0 Å². The summed E-state index contributed by atoms with van der Waals surface area (Å²) in [5, 5.41) is 1.62. The highest BCUT2D eigenvalue weighted by molar-refractivity contribution is 6.44. The van der Waals surface area contributed by atoms with Gasteiger partial charge in [0.05, 0.1) is 10.0 Å². The summed E-state index contributed by atoms with van der Waals surface area (Å²) in [6.07, 6.45) is 3.48. The first-order chi connectivity index (χ1) is 7.09. The summed E-state index contributed by atoms with van der Waals surface area (Å²) in [5.74, 6) is 0.742. The summed E-state index contributed by atoms with van der Waals surface area (Å²) in [6.45, 7) is 0. The molecule has 0 aromatic heterocycles. The molecular formula is C11H12Cl3N. The van der Waals surface area contributed by atoms with Gasteiger partial charge in [-0.1, -0.05) is 47.6 Å². The number of halogens is 3. The lowest BCUT2D eigenvalue weighted by atomic mass is 10.0. The second-order valence-electron chi connectivity index (χ2n) is 4.04. The van der Waals surface area contributed by atoms with Crippen molar-refractivity contribution in [1.29, 1.82) is 0 Å². The van der Waals surface area contributed by atoms with Crippen molar-refractivity contribution in [3.8, 4) is 0 Å². The summed E-state index contributed by atoms with van der Waals surface area (Å²) in [5.41, 5.74) is 6.87. The van der Waals surface area contributed by atoms with Crippen LogP contribution in [-0.2, 0) is 0 Å². The number of nitrogens with two attached hydrogens (primary N) is 1. The van der Waals surface area contributed by atoms with E-state index in [1.807, 2.05) is 0 Å². The lowest BCUT2D eigenvalue weighted by molar-refractivity contribution is 0.597. The van der Waals surface area contributed by atoms with E-state index < -0.39 is 0 Å². The van der Waals surface area contributed by atoms with Crippen molar-refractivity contribution in [2.75, 3.05) is 0 Å². The topological polar surface area (TPSA) is 26.0 Å². The van der Waals surface area contributed by atoms with Gasteiger partial charge < -0.3 is 5.73 Å². The largest absolute Gasteiger partial charge is 0.324 e. The Hall–Kier alpha value is 0.0500. The van der Waals surface area contributed by atoms with E-state index in [9.17, 15) is 0 Å². The van der Waals surface area contributed by atoms with Crippen molar-refractivity contribution in [2.45, 2.75) is 25.3 Å². The van der Waals surface area contributed by atoms with Crippen LogP contribution in [0, 0.1) is 5.92 Å². The summed E-state index contributed by atoms with van der Waals surface area (Å²) < 4.78 is 0. The molecule has 1 aromatic carbocycles. The maximum Gasteiger partial charge on any atom is 0.0654 e. The van der Waals surface area contributed by atoms with Crippen molar-refractivity contribution in [2.24, 2.45) is 11.7 Å². The third-order valence-electron chi connectivity index (χ3n) is 2.73. The molecule has 1 atom stereocenters. The molecule has 0 aliphatic heterocycles. The predicted octanol–water partition coefficient (Wildman–Crippen LogP) is 4.45. The third kappa shape index (κ3) is 2.59. The molecule has 0 radical (unpaired) electrons. The molecule has 0 saturated heterocycles. The minimum absolute atomic E-state index is 0.101. The summed E-state index contributed by atoms with van der Waals surface area (Å²) in [4.78, 5) is 0. The van der Waals surface area contributed by atoms with Crippen molar-refractivity contribution in [3.05, 3.63) is 32.8 Å². The molecule has 0 heterocycles. The molecular weight excluding hydrogens is 252 g/mol. The quantitative estimate of drug-likeness (QED) is 0.802. The maximum absolute atomic E-state index is 6.10. The molecule has 4 heteroatoms. The lowest BCUT2D eigenvalue weighted by Gasteiger charge is -2.15. The van der Waals surface area contributed by atoms with Crippen LogP contribution in [-0.4, -0.2) is 0 Å². The first-order valence-corrected chi connectivity index (χ1v) is 6.12. The van der Waals surface area contributed by atoms with Crippen molar-refractivity contribution >= 4 is 34.8 Å². The number of hydrogen-bond acceptors (Lipinski definition) is 1. The van der Waals surface area contributed by atoms with Gasteiger partial charge in [0.1, 0.15) is 0 Å². The maximum atomic E-state index is 6.10. The van der Waals surface area contributed by atoms with E-state index in [0.29, 0.717) is 15.1 Å². The Bertz CT molecular complexity index is 374. The highest BCUT2D eigenvalue weighted by atomic mass is 35.5. The van der Waals surface area contributed by atoms with Crippen LogP contribution >= 0.6 is 34.8 Å². The first kappa shape index (κ1) is 11.5. The van der Waals surface area contributed by atoms with E-state index >= 15 is 0 Å². The SMILES string of the molecule is N[C@@H](CC1CC1)c1c(Cl)ccc(Cl)c1Cl. The predicted molar refractivity (Wildman–Crippen MR) is 65.7 cm³/mol. The Morgan fingerprint density at radius 3 is 2.40 bits per heavy atom. The monoisotopic (exact) mass is 263 g/mol. The molecule has 1 saturated carbocycles. The summed E-state index contributed by atoms with van der Waals surface area (Å²) in [7, 11) is 0. The van der Waals surface area contributed by atoms with Crippen LogP contribution < -0.4 is 5.73 Å². The van der Waals surface area contributed by atoms with Crippen LogP contribution in [0.25, 0.3) is 0 Å². The van der Waals surface area contributed by atoms with Gasteiger partial charge in [-0.05, 0) is 24.5 Å². The van der Waals surface area contributed by atoms with Crippen molar-refractivity contribution in [1.82, 2.24) is 0 Å². The minimum Gasteiger partial charge on any atom is -0.324 e. The zero-order chi connectivity index (χ0) is 11.0. The molecule has 1 nitrogen and oxygen atoms in total. The fourth-order valence-corrected chi connectivity index (χ4v) is 2.53. The fraction of sp³-hybridized carbons (Fsp3) is 0.455. The lowest BCUT2D eigenvalue weighted by Crippen LogP contribution is -2.12. The average Bonchev–Trinajstić information content (AvgIpc) is 2.96. The van der Waals surface area contributed by atoms with E-state index in [4.69, 9.17) is 40.5 Å². The first-order valence-electron chi connectivity index (χ1n) is 4.98. The molecule has 2 rings (SSSR count). The molecule has 2 N–H and O–H groups in total. The highest BCUT2D eigenvalue weighted by Gasteiger charge is 2.26. The molecule has 1 aliphatic rings. The average molecular weight is 265 g/mol. The van der Waals surface area contributed by atoms with Crippen LogP contribution in [0.2, 0.25) is 15.1 Å². The Morgan fingerprint density at radius 1 is 1.20 bits per heavy atom. The van der Waals surface area contributed by atoms with Gasteiger partial charge in [0.25, 0.3) is 0 Å². The van der Waals surface area contributed by atoms with Crippen molar-refractivity contribution < 1.29 is 0 Å². The van der Waals surface area contributed by atoms with Crippen LogP contribution in [0.5, 0.6) is 0 Å². The van der Waals surface area contributed by atoms with Gasteiger partial charge in [0.15, 0.2) is 0 Å². The van der Waals surface area contributed by atoms with Gasteiger partial charge in [-0.2, -0.15) is 0 Å². The van der Waals surface area contributed by atoms with E-state index in [2.05, 4.69) is 0 Å². The third-order valence-corrected chi connectivity index (χ3v) is 3.88. The Balaban J connectivity index is 2.27. The molecule has 1 aromatic rings. The Morgan fingerprint density at radius 2 is 1.80 bits per heavy atom. The van der Waals surface area contributed by atoms with Crippen LogP contribution in [0.15, 0.2) is 12.1 Å². The molecule has 1 aliphatic carbocycles. The van der Waals surface area contributed by atoms with E-state index in [0.717, 1.165) is 17.9 Å². The van der Waals surface area contributed by atoms with Gasteiger partial charge in [-0.25, -0.2) is 0 Å². The zero-order valence-corrected chi connectivity index (χ0v) is 10.4. The van der Waals surface area contributed by atoms with Crippen LogP contribution in [0.4, 0.5) is 0 Å². The van der Waals surface area contributed by atoms with E-state index in [1.165, 1.54) is 12.8 Å². The van der Waals surface area contributed by atoms with Gasteiger partial charge in [0, 0.05) is 16.6 Å². The molecule has 0 bridgehead atoms. The van der Waals surface area contributed by atoms with Gasteiger partial charge in [-0.3, -0.25) is 0 Å². The van der Waals surface area contributed by atoms with E-state index in [-0.39, 0.29) is 6.04 Å². The molecule has 0 spiro atoms. The standard InChI is InChI=1S/C11H12Cl3N/c12-7-3-4-8(13)11(14)10(7)9(15)5-6-1-2-6/h3-4,6,9H,1-2,5,15H2/t9-/m0/s1. The normalized spacial score (nSPS) is 17.9. The molecule has 82 valence electrons. The summed E-state index contributed by atoms with van der Waals surface area (Å²) in [6, 6.07) is 3.34. The molecule has 0 amide bonds. The van der Waals surface area contributed by atoms with Gasteiger partial charge in [-0.15, -0.1) is 0 Å². The molecule has 0 unspecified atom stereocenters. The molecule has 15 heavy (non-hydrogen) atoms. The summed E-state index contributed by atoms with van der Waals surface area (Å²) >= 11 is 18.1. The second-order valence-corrected chi connectivity index (χ2v) is 5.23. The number of benzene rings is 1. The fourth-order valence-electron chi connectivity index (χ4n) is 1.71. The minimum atomic E-state index is -0.101. The van der Waals surface area contributed by atoms with Crippen LogP contribution in [0.3, 0.4) is 0 Å². The smallest absolute Gasteiger partial charge is 0.0654 e. The molecule has 1 fully saturated rings. The zero-order valence-electron chi connectivity index (χ0n) is 8.14. The van der Waals surface area contributed by atoms with E-state index in [1.54, 1.807) is 12.1 Å². The Kier molecular flexibility index (Phi) is 3.46. The van der Waals surface area contributed by atoms with Crippen LogP contribution in [0.1, 0.15) is 30.9 Å². The van der Waals surface area contributed by atoms with Gasteiger partial charge >= 0.3 is 0 Å². The van der Waals surface area contributed by atoms with Gasteiger partial charge in [0.2, 0.25) is 0 Å². The number of rotatable bonds is 3.